The lowest BCUT2D eigenvalue weighted by Crippen LogP contribution is -1.88. The molecule has 4 nitrogen and oxygen atoms in total. The van der Waals surface area contributed by atoms with Crippen LogP contribution in [0, 0.1) is 0 Å². The summed E-state index contributed by atoms with van der Waals surface area (Å²) in [6.07, 6.45) is 0. The minimum Gasteiger partial charge on any atom is -0.494 e. The van der Waals surface area contributed by atoms with E-state index in [9.17, 15) is 4.79 Å². The van der Waals surface area contributed by atoms with Gasteiger partial charge in [-0.25, -0.2) is 0 Å². The molecule has 1 aromatic heterocycles. The lowest BCUT2D eigenvalue weighted by atomic mass is 10.2. The van der Waals surface area contributed by atoms with Gasteiger partial charge in [-0.1, -0.05) is 12.1 Å². The van der Waals surface area contributed by atoms with Crippen LogP contribution in [0.15, 0.2) is 18.2 Å². The summed E-state index contributed by atoms with van der Waals surface area (Å²) in [7, 11) is 1.55. The highest BCUT2D eigenvalue weighted by molar-refractivity contribution is 6.68. The number of ether oxygens (including phenoxy) is 1. The van der Waals surface area contributed by atoms with E-state index in [0.29, 0.717) is 16.7 Å². The van der Waals surface area contributed by atoms with Gasteiger partial charge in [0.15, 0.2) is 5.69 Å². The van der Waals surface area contributed by atoms with Gasteiger partial charge < -0.3 is 4.74 Å². The number of carbonyl (C=O) groups excluding carboxylic acids is 1. The molecule has 0 atom stereocenters. The quantitative estimate of drug-likeness (QED) is 0.771. The summed E-state index contributed by atoms with van der Waals surface area (Å²) in [5, 5.41) is 6.62. The standard InChI is InChI=1S/C9H7ClN2O2/c1-14-6-4-2-3-5-7(6)11-12-8(5)9(10)13/h2-4H,1H3,(H,11,12). The Morgan fingerprint density at radius 1 is 1.57 bits per heavy atom. The fourth-order valence-corrected chi connectivity index (χ4v) is 1.48. The van der Waals surface area contributed by atoms with Crippen molar-refractivity contribution in [3.63, 3.8) is 0 Å². The molecule has 1 aromatic carbocycles. The molecule has 14 heavy (non-hydrogen) atoms. The number of aromatic amines is 1. The molecular formula is C9H7ClN2O2. The number of rotatable bonds is 2. The van der Waals surface area contributed by atoms with E-state index in [4.69, 9.17) is 16.3 Å². The van der Waals surface area contributed by atoms with Crippen LogP contribution in [-0.4, -0.2) is 22.5 Å². The number of hydrogen-bond acceptors (Lipinski definition) is 3. The molecule has 0 saturated heterocycles. The largest absolute Gasteiger partial charge is 0.494 e. The van der Waals surface area contributed by atoms with Crippen molar-refractivity contribution in [2.24, 2.45) is 0 Å². The summed E-state index contributed by atoms with van der Waals surface area (Å²) < 4.78 is 5.09. The normalized spacial score (nSPS) is 10.4. The van der Waals surface area contributed by atoms with Crippen molar-refractivity contribution in [1.29, 1.82) is 0 Å². The van der Waals surface area contributed by atoms with Crippen molar-refractivity contribution in [3.8, 4) is 5.75 Å². The molecule has 5 heteroatoms. The van der Waals surface area contributed by atoms with Gasteiger partial charge in [0.05, 0.1) is 7.11 Å². The maximum absolute atomic E-state index is 11.0. The van der Waals surface area contributed by atoms with Crippen LogP contribution in [0.2, 0.25) is 0 Å². The van der Waals surface area contributed by atoms with Crippen molar-refractivity contribution < 1.29 is 9.53 Å². The van der Waals surface area contributed by atoms with Gasteiger partial charge in [0.1, 0.15) is 11.3 Å². The molecule has 72 valence electrons. The summed E-state index contributed by atoms with van der Waals surface area (Å²) in [5.41, 5.74) is 0.902. The predicted molar refractivity (Wildman–Crippen MR) is 52.8 cm³/mol. The van der Waals surface area contributed by atoms with Crippen LogP contribution in [0.25, 0.3) is 10.9 Å². The van der Waals surface area contributed by atoms with Gasteiger partial charge in [-0.2, -0.15) is 5.10 Å². The van der Waals surface area contributed by atoms with Crippen molar-refractivity contribution in [1.82, 2.24) is 10.2 Å². The second-order valence-corrected chi connectivity index (χ2v) is 3.07. The van der Waals surface area contributed by atoms with E-state index in [1.165, 1.54) is 0 Å². The molecule has 0 fully saturated rings. The molecule has 0 bridgehead atoms. The third-order valence-corrected chi connectivity index (χ3v) is 2.15. The first kappa shape index (κ1) is 9.02. The number of fused-ring (bicyclic) bond motifs is 1. The maximum Gasteiger partial charge on any atom is 0.273 e. The number of nitrogens with one attached hydrogen (secondary N) is 1. The van der Waals surface area contributed by atoms with Crippen molar-refractivity contribution in [3.05, 3.63) is 23.9 Å². The molecule has 0 aliphatic rings. The Morgan fingerprint density at radius 2 is 2.36 bits per heavy atom. The number of carbonyl (C=O) groups is 1. The summed E-state index contributed by atoms with van der Waals surface area (Å²) in [6, 6.07) is 5.32. The third-order valence-electron chi connectivity index (χ3n) is 1.97. The van der Waals surface area contributed by atoms with E-state index in [1.807, 2.05) is 0 Å². The Balaban J connectivity index is 2.75. The zero-order chi connectivity index (χ0) is 10.1. The fraction of sp³-hybridized carbons (Fsp3) is 0.111. The molecule has 0 unspecified atom stereocenters. The maximum atomic E-state index is 11.0. The van der Waals surface area contributed by atoms with Crippen molar-refractivity contribution >= 4 is 27.7 Å². The van der Waals surface area contributed by atoms with Crippen LogP contribution >= 0.6 is 11.6 Å². The number of nitrogens with zero attached hydrogens (tertiary/aromatic N) is 1. The van der Waals surface area contributed by atoms with Gasteiger partial charge in [-0.15, -0.1) is 0 Å². The van der Waals surface area contributed by atoms with Gasteiger partial charge in [-0.05, 0) is 17.7 Å². The number of H-pyrrole nitrogens is 1. The Hall–Kier alpha value is -1.55. The second kappa shape index (κ2) is 3.31. The van der Waals surface area contributed by atoms with Gasteiger partial charge in [-0.3, -0.25) is 9.89 Å². The molecule has 1 N–H and O–H groups in total. The van der Waals surface area contributed by atoms with Gasteiger partial charge in [0.2, 0.25) is 0 Å². The van der Waals surface area contributed by atoms with E-state index < -0.39 is 5.24 Å². The molecule has 0 aliphatic heterocycles. The first-order valence-electron chi connectivity index (χ1n) is 3.95. The number of para-hydroxylation sites is 1. The predicted octanol–water partition coefficient (Wildman–Crippen LogP) is 1.95. The van der Waals surface area contributed by atoms with Crippen LogP contribution in [0.1, 0.15) is 10.5 Å². The molecule has 0 spiro atoms. The van der Waals surface area contributed by atoms with Crippen LogP contribution in [-0.2, 0) is 0 Å². The smallest absolute Gasteiger partial charge is 0.273 e. The summed E-state index contributed by atoms with van der Waals surface area (Å²) in [5.74, 6) is 0.638. The van der Waals surface area contributed by atoms with Crippen LogP contribution in [0.4, 0.5) is 0 Å². The number of hydrogen-bond donors (Lipinski definition) is 1. The summed E-state index contributed by atoms with van der Waals surface area (Å²) in [4.78, 5) is 11.0. The SMILES string of the molecule is COc1cccc2c(C(=O)Cl)n[nH]c12. The molecule has 0 radical (unpaired) electrons. The molecule has 0 aliphatic carbocycles. The van der Waals surface area contributed by atoms with Crippen molar-refractivity contribution in [2.75, 3.05) is 7.11 Å². The molecule has 0 saturated carbocycles. The first-order chi connectivity index (χ1) is 6.74. The molecule has 0 amide bonds. The fourth-order valence-electron chi connectivity index (χ4n) is 1.34. The van der Waals surface area contributed by atoms with E-state index in [0.717, 1.165) is 0 Å². The molecule has 1 heterocycles. The van der Waals surface area contributed by atoms with E-state index in [-0.39, 0.29) is 5.69 Å². The Bertz CT molecular complexity index is 493. The van der Waals surface area contributed by atoms with Crippen LogP contribution in [0.3, 0.4) is 0 Å². The van der Waals surface area contributed by atoms with Crippen LogP contribution < -0.4 is 4.74 Å². The van der Waals surface area contributed by atoms with Gasteiger partial charge >= 0.3 is 0 Å². The highest BCUT2D eigenvalue weighted by atomic mass is 35.5. The van der Waals surface area contributed by atoms with E-state index in [2.05, 4.69) is 10.2 Å². The topological polar surface area (TPSA) is 55.0 Å². The zero-order valence-electron chi connectivity index (χ0n) is 7.37. The number of benzene rings is 1. The molecular weight excluding hydrogens is 204 g/mol. The lowest BCUT2D eigenvalue weighted by Gasteiger charge is -1.99. The Morgan fingerprint density at radius 3 is 3.00 bits per heavy atom. The van der Waals surface area contributed by atoms with Gasteiger partial charge in [0.25, 0.3) is 5.24 Å². The average molecular weight is 211 g/mol. The number of methoxy groups -OCH3 is 1. The number of aromatic nitrogens is 2. The van der Waals surface area contributed by atoms with Gasteiger partial charge in [0, 0.05) is 5.39 Å². The van der Waals surface area contributed by atoms with E-state index >= 15 is 0 Å². The van der Waals surface area contributed by atoms with Crippen LogP contribution in [0.5, 0.6) is 5.75 Å². The number of halogens is 1. The molecule has 2 aromatic rings. The summed E-state index contributed by atoms with van der Waals surface area (Å²) >= 11 is 5.36. The average Bonchev–Trinajstić information content (AvgIpc) is 2.60. The third kappa shape index (κ3) is 1.24. The lowest BCUT2D eigenvalue weighted by molar-refractivity contribution is 0.107. The van der Waals surface area contributed by atoms with Crippen molar-refractivity contribution in [2.45, 2.75) is 0 Å². The summed E-state index contributed by atoms with van der Waals surface area (Å²) in [6.45, 7) is 0. The second-order valence-electron chi connectivity index (χ2n) is 2.73. The highest BCUT2D eigenvalue weighted by Gasteiger charge is 2.13. The monoisotopic (exact) mass is 210 g/mol. The minimum atomic E-state index is -0.579. The zero-order valence-corrected chi connectivity index (χ0v) is 8.13. The molecule has 2 rings (SSSR count). The Labute approximate surface area is 84.8 Å². The first-order valence-corrected chi connectivity index (χ1v) is 4.32. The Kier molecular flexibility index (Phi) is 2.13. The minimum absolute atomic E-state index is 0.223. The highest BCUT2D eigenvalue weighted by Crippen LogP contribution is 2.25. The van der Waals surface area contributed by atoms with E-state index in [1.54, 1.807) is 25.3 Å².